The Morgan fingerprint density at radius 2 is 1.50 bits per heavy atom. The smallest absolute Gasteiger partial charge is 0.200 e. The van der Waals surface area contributed by atoms with Crippen LogP contribution in [0, 0.1) is 0 Å². The summed E-state index contributed by atoms with van der Waals surface area (Å²) in [5.41, 5.74) is 0.600. The molecular formula is C15H14O7. The van der Waals surface area contributed by atoms with E-state index in [9.17, 15) is 30.6 Å². The van der Waals surface area contributed by atoms with E-state index in [-0.39, 0.29) is 29.2 Å². The van der Waals surface area contributed by atoms with Gasteiger partial charge in [0, 0.05) is 29.7 Å². The molecule has 1 aliphatic heterocycles. The molecule has 1 aliphatic rings. The van der Waals surface area contributed by atoms with E-state index in [0.717, 1.165) is 18.2 Å². The average molecular weight is 306 g/mol. The summed E-state index contributed by atoms with van der Waals surface area (Å²) >= 11 is 0. The normalized spacial score (nSPS) is 20.2. The third-order valence-electron chi connectivity index (χ3n) is 3.61. The summed E-state index contributed by atoms with van der Waals surface area (Å²) in [5, 5.41) is 57.9. The summed E-state index contributed by atoms with van der Waals surface area (Å²) in [7, 11) is 0. The van der Waals surface area contributed by atoms with Crippen molar-refractivity contribution in [3.63, 3.8) is 0 Å². The van der Waals surface area contributed by atoms with Crippen LogP contribution >= 0.6 is 0 Å². The Balaban J connectivity index is 2.03. The maximum absolute atomic E-state index is 10.2. The molecular weight excluding hydrogens is 292 g/mol. The van der Waals surface area contributed by atoms with Crippen LogP contribution in [0.15, 0.2) is 24.3 Å². The molecule has 22 heavy (non-hydrogen) atoms. The third-order valence-corrected chi connectivity index (χ3v) is 3.61. The molecule has 0 saturated carbocycles. The highest BCUT2D eigenvalue weighted by Gasteiger charge is 2.33. The van der Waals surface area contributed by atoms with Crippen LogP contribution in [0.1, 0.15) is 17.2 Å². The summed E-state index contributed by atoms with van der Waals surface area (Å²) in [6, 6.07) is 4.77. The van der Waals surface area contributed by atoms with Crippen LogP contribution in [0.2, 0.25) is 0 Å². The van der Waals surface area contributed by atoms with Crippen LogP contribution in [0.25, 0.3) is 0 Å². The number of phenolic OH excluding ortho intramolecular Hbond substituents is 5. The molecule has 0 aliphatic carbocycles. The molecule has 6 N–H and O–H groups in total. The van der Waals surface area contributed by atoms with Gasteiger partial charge in [-0.05, 0) is 12.1 Å². The van der Waals surface area contributed by atoms with Gasteiger partial charge < -0.3 is 35.4 Å². The SMILES string of the molecule is Oc1cc(O)c2c(c1)OC(c1cc(O)c(O)c(O)c1)[C@H](O)C2. The van der Waals surface area contributed by atoms with Gasteiger partial charge in [0.15, 0.2) is 23.4 Å². The Labute approximate surface area is 124 Å². The largest absolute Gasteiger partial charge is 0.508 e. The zero-order valence-corrected chi connectivity index (χ0v) is 11.3. The first-order chi connectivity index (χ1) is 10.4. The number of aliphatic hydroxyl groups excluding tert-OH is 1. The highest BCUT2D eigenvalue weighted by atomic mass is 16.5. The summed E-state index contributed by atoms with van der Waals surface area (Å²) in [5.74, 6) is -1.94. The van der Waals surface area contributed by atoms with Crippen LogP contribution in [0.4, 0.5) is 0 Å². The molecule has 7 heteroatoms. The minimum atomic E-state index is -1.05. The van der Waals surface area contributed by atoms with E-state index in [1.807, 2.05) is 0 Å². The Morgan fingerprint density at radius 3 is 2.14 bits per heavy atom. The second-order valence-electron chi connectivity index (χ2n) is 5.16. The first kappa shape index (κ1) is 14.2. The molecule has 0 radical (unpaired) electrons. The van der Waals surface area contributed by atoms with Crippen LogP contribution in [-0.4, -0.2) is 36.7 Å². The molecule has 0 bridgehead atoms. The van der Waals surface area contributed by atoms with Crippen molar-refractivity contribution in [2.75, 3.05) is 0 Å². The summed E-state index contributed by atoms with van der Waals surface area (Å²) in [4.78, 5) is 0. The van der Waals surface area contributed by atoms with E-state index in [2.05, 4.69) is 0 Å². The number of hydrogen-bond acceptors (Lipinski definition) is 7. The van der Waals surface area contributed by atoms with Crippen molar-refractivity contribution in [1.82, 2.24) is 0 Å². The predicted octanol–water partition coefficient (Wildman–Crippen LogP) is 1.25. The first-order valence-corrected chi connectivity index (χ1v) is 6.51. The minimum Gasteiger partial charge on any atom is -0.508 e. The van der Waals surface area contributed by atoms with Gasteiger partial charge in [-0.3, -0.25) is 0 Å². The molecule has 2 aromatic carbocycles. The fourth-order valence-corrected chi connectivity index (χ4v) is 2.54. The minimum absolute atomic E-state index is 0.0640. The molecule has 0 saturated heterocycles. The molecule has 1 unspecified atom stereocenters. The number of ether oxygens (including phenoxy) is 1. The van der Waals surface area contributed by atoms with E-state index >= 15 is 0 Å². The first-order valence-electron chi connectivity index (χ1n) is 6.51. The monoisotopic (exact) mass is 306 g/mol. The van der Waals surface area contributed by atoms with Gasteiger partial charge in [-0.1, -0.05) is 0 Å². The molecule has 7 nitrogen and oxygen atoms in total. The average Bonchev–Trinajstić information content (AvgIpc) is 2.44. The lowest BCUT2D eigenvalue weighted by Crippen LogP contribution is -2.30. The van der Waals surface area contributed by atoms with Crippen LogP contribution in [0.5, 0.6) is 34.5 Å². The topological polar surface area (TPSA) is 131 Å². The quantitative estimate of drug-likeness (QED) is 0.437. The molecule has 116 valence electrons. The Hall–Kier alpha value is -2.80. The van der Waals surface area contributed by atoms with Gasteiger partial charge in [-0.25, -0.2) is 0 Å². The number of phenols is 5. The number of aliphatic hydroxyl groups is 1. The van der Waals surface area contributed by atoms with Crippen molar-refractivity contribution >= 4 is 0 Å². The zero-order chi connectivity index (χ0) is 16.0. The van der Waals surface area contributed by atoms with Crippen LogP contribution in [0.3, 0.4) is 0 Å². The molecule has 2 atom stereocenters. The van der Waals surface area contributed by atoms with E-state index in [1.54, 1.807) is 0 Å². The fraction of sp³-hybridized carbons (Fsp3) is 0.200. The second kappa shape index (κ2) is 4.88. The standard InChI is InChI=1S/C15H14O7/c16-7-3-9(17)8-5-12(20)15(22-13(8)4-7)6-1-10(18)14(21)11(19)2-6/h1-4,12,15-21H,5H2/t12-,15?/m1/s1. The van der Waals surface area contributed by atoms with E-state index in [0.29, 0.717) is 5.56 Å². The predicted molar refractivity (Wildman–Crippen MR) is 74.3 cm³/mol. The van der Waals surface area contributed by atoms with Gasteiger partial charge in [-0.15, -0.1) is 0 Å². The van der Waals surface area contributed by atoms with Crippen molar-refractivity contribution in [2.24, 2.45) is 0 Å². The summed E-state index contributed by atoms with van der Waals surface area (Å²) < 4.78 is 5.57. The lowest BCUT2D eigenvalue weighted by Gasteiger charge is -2.31. The van der Waals surface area contributed by atoms with E-state index < -0.39 is 29.5 Å². The highest BCUT2D eigenvalue weighted by Crippen LogP contribution is 2.44. The highest BCUT2D eigenvalue weighted by molar-refractivity contribution is 5.54. The lowest BCUT2D eigenvalue weighted by molar-refractivity contribution is 0.0196. The van der Waals surface area contributed by atoms with Crippen molar-refractivity contribution in [3.8, 4) is 34.5 Å². The van der Waals surface area contributed by atoms with Gasteiger partial charge in [0.1, 0.15) is 17.2 Å². The van der Waals surface area contributed by atoms with Gasteiger partial charge >= 0.3 is 0 Å². The Bertz CT molecular complexity index is 718. The Kier molecular flexibility index (Phi) is 3.14. The maximum atomic E-state index is 10.2. The molecule has 2 aromatic rings. The van der Waals surface area contributed by atoms with Crippen LogP contribution < -0.4 is 4.74 Å². The van der Waals surface area contributed by atoms with Crippen molar-refractivity contribution in [2.45, 2.75) is 18.6 Å². The summed E-state index contributed by atoms with van der Waals surface area (Å²) in [6.45, 7) is 0. The van der Waals surface area contributed by atoms with Gasteiger partial charge in [0.05, 0.1) is 6.10 Å². The second-order valence-corrected chi connectivity index (χ2v) is 5.16. The number of rotatable bonds is 1. The third kappa shape index (κ3) is 2.21. The molecule has 0 aromatic heterocycles. The van der Waals surface area contributed by atoms with Gasteiger partial charge in [-0.2, -0.15) is 0 Å². The molecule has 1 heterocycles. The number of benzene rings is 2. The summed E-state index contributed by atoms with van der Waals surface area (Å²) in [6.07, 6.45) is -1.92. The van der Waals surface area contributed by atoms with Crippen molar-refractivity contribution in [1.29, 1.82) is 0 Å². The zero-order valence-electron chi connectivity index (χ0n) is 11.3. The number of fused-ring (bicyclic) bond motifs is 1. The number of hydrogen-bond donors (Lipinski definition) is 6. The van der Waals surface area contributed by atoms with Gasteiger partial charge in [0.2, 0.25) is 0 Å². The maximum Gasteiger partial charge on any atom is 0.200 e. The molecule has 0 fully saturated rings. The molecule has 0 amide bonds. The van der Waals surface area contributed by atoms with E-state index in [4.69, 9.17) is 4.74 Å². The van der Waals surface area contributed by atoms with Crippen LogP contribution in [-0.2, 0) is 6.42 Å². The van der Waals surface area contributed by atoms with Gasteiger partial charge in [0.25, 0.3) is 0 Å². The fourth-order valence-electron chi connectivity index (χ4n) is 2.54. The molecule has 0 spiro atoms. The number of aromatic hydroxyl groups is 5. The Morgan fingerprint density at radius 1 is 0.864 bits per heavy atom. The molecule has 3 rings (SSSR count). The lowest BCUT2D eigenvalue weighted by atomic mass is 9.93. The van der Waals surface area contributed by atoms with E-state index in [1.165, 1.54) is 6.07 Å². The van der Waals surface area contributed by atoms with Crippen molar-refractivity contribution in [3.05, 3.63) is 35.4 Å². The van der Waals surface area contributed by atoms with Crippen molar-refractivity contribution < 1.29 is 35.4 Å².